The summed E-state index contributed by atoms with van der Waals surface area (Å²) < 4.78 is 7.07. The van der Waals surface area contributed by atoms with Crippen molar-refractivity contribution < 1.29 is 9.53 Å². The number of pyridine rings is 1. The van der Waals surface area contributed by atoms with Crippen LogP contribution in [0.2, 0.25) is 0 Å². The van der Waals surface area contributed by atoms with Gasteiger partial charge < -0.3 is 14.6 Å². The van der Waals surface area contributed by atoms with Crippen molar-refractivity contribution in [2.75, 3.05) is 20.2 Å². The molecule has 2 fully saturated rings. The summed E-state index contributed by atoms with van der Waals surface area (Å²) in [6.45, 7) is 3.04. The second-order valence-electron chi connectivity index (χ2n) is 7.56. The number of hydrogen-bond donors (Lipinski definition) is 1. The molecule has 0 aromatic carbocycles. The molecule has 1 N–H and O–H groups in total. The van der Waals surface area contributed by atoms with Gasteiger partial charge in [0, 0.05) is 24.3 Å². The number of rotatable bonds is 6. The van der Waals surface area contributed by atoms with Crippen LogP contribution in [0.3, 0.4) is 0 Å². The lowest BCUT2D eigenvalue weighted by atomic mass is 9.95. The number of amides is 1. The molecular weight excluding hydrogens is 330 g/mol. The molecule has 3 rings (SSSR count). The van der Waals surface area contributed by atoms with Gasteiger partial charge >= 0.3 is 0 Å². The summed E-state index contributed by atoms with van der Waals surface area (Å²) in [6, 6.07) is 1.92. The maximum absolute atomic E-state index is 12.5. The second-order valence-corrected chi connectivity index (χ2v) is 7.56. The van der Waals surface area contributed by atoms with E-state index >= 15 is 0 Å². The Balaban J connectivity index is 1.72. The summed E-state index contributed by atoms with van der Waals surface area (Å²) in [5.41, 5.74) is 0.764. The molecule has 1 aromatic heterocycles. The molecule has 0 radical (unpaired) electrons. The fourth-order valence-electron chi connectivity index (χ4n) is 4.05. The molecule has 144 valence electrons. The van der Waals surface area contributed by atoms with Crippen molar-refractivity contribution in [1.82, 2.24) is 14.8 Å². The molecule has 1 aromatic rings. The normalized spacial score (nSPS) is 19.3. The zero-order valence-corrected chi connectivity index (χ0v) is 15.8. The summed E-state index contributed by atoms with van der Waals surface area (Å²) in [7, 11) is 1.49. The van der Waals surface area contributed by atoms with E-state index in [1.54, 1.807) is 12.3 Å². The van der Waals surface area contributed by atoms with Crippen LogP contribution in [0.1, 0.15) is 57.1 Å². The van der Waals surface area contributed by atoms with E-state index in [1.807, 2.05) is 4.57 Å². The molecule has 1 aliphatic carbocycles. The lowest BCUT2D eigenvalue weighted by molar-refractivity contribution is -0.122. The molecule has 0 unspecified atom stereocenters. The van der Waals surface area contributed by atoms with E-state index in [9.17, 15) is 9.59 Å². The number of piperidine rings is 1. The van der Waals surface area contributed by atoms with Crippen molar-refractivity contribution in [2.24, 2.45) is 0 Å². The zero-order chi connectivity index (χ0) is 18.4. The largest absolute Gasteiger partial charge is 0.491 e. The van der Waals surface area contributed by atoms with E-state index in [0.717, 1.165) is 31.6 Å². The van der Waals surface area contributed by atoms with Gasteiger partial charge in [-0.25, -0.2) is 0 Å². The maximum atomic E-state index is 12.5. The van der Waals surface area contributed by atoms with Gasteiger partial charge in [-0.3, -0.25) is 14.5 Å². The Morgan fingerprint density at radius 2 is 1.85 bits per heavy atom. The molecule has 1 amide bonds. The van der Waals surface area contributed by atoms with Gasteiger partial charge in [0.15, 0.2) is 5.75 Å². The number of likely N-dealkylation sites (tertiary alicyclic amines) is 1. The van der Waals surface area contributed by atoms with Gasteiger partial charge in [-0.05, 0) is 38.8 Å². The van der Waals surface area contributed by atoms with Gasteiger partial charge in [-0.2, -0.15) is 0 Å². The topological polar surface area (TPSA) is 63.6 Å². The van der Waals surface area contributed by atoms with E-state index in [1.165, 1.54) is 45.6 Å². The first-order valence-electron chi connectivity index (χ1n) is 9.95. The number of nitrogens with one attached hydrogen (secondary N) is 1. The third kappa shape index (κ3) is 5.10. The Labute approximate surface area is 155 Å². The number of carbonyl (C=O) groups excluding carboxylic acids is 1. The number of nitrogens with zero attached hydrogens (tertiary/aromatic N) is 2. The number of hydrogen-bond acceptors (Lipinski definition) is 4. The first-order valence-corrected chi connectivity index (χ1v) is 9.95. The molecule has 26 heavy (non-hydrogen) atoms. The molecule has 1 saturated heterocycles. The summed E-state index contributed by atoms with van der Waals surface area (Å²) in [6.07, 6.45) is 11.1. The average Bonchev–Trinajstić information content (AvgIpc) is 2.65. The summed E-state index contributed by atoms with van der Waals surface area (Å²) in [5, 5.41) is 3.16. The van der Waals surface area contributed by atoms with Gasteiger partial charge in [-0.15, -0.1) is 0 Å². The molecule has 6 nitrogen and oxygen atoms in total. The van der Waals surface area contributed by atoms with E-state index in [-0.39, 0.29) is 23.6 Å². The second kappa shape index (κ2) is 9.21. The van der Waals surface area contributed by atoms with Crippen molar-refractivity contribution in [3.63, 3.8) is 0 Å². The molecule has 6 heteroatoms. The molecule has 2 heterocycles. The molecule has 1 aliphatic heterocycles. The number of methoxy groups -OCH3 is 1. The van der Waals surface area contributed by atoms with E-state index in [4.69, 9.17) is 4.74 Å². The minimum Gasteiger partial charge on any atom is -0.491 e. The zero-order valence-electron chi connectivity index (χ0n) is 15.8. The van der Waals surface area contributed by atoms with E-state index in [2.05, 4.69) is 10.2 Å². The Morgan fingerprint density at radius 3 is 2.54 bits per heavy atom. The molecule has 0 bridgehead atoms. The fraction of sp³-hybridized carbons (Fsp3) is 0.700. The van der Waals surface area contributed by atoms with E-state index < -0.39 is 0 Å². The Bertz CT molecular complexity index is 659. The first-order chi connectivity index (χ1) is 12.7. The number of carbonyl (C=O) groups is 1. The van der Waals surface area contributed by atoms with Crippen LogP contribution < -0.4 is 15.5 Å². The van der Waals surface area contributed by atoms with Gasteiger partial charge in [0.25, 0.3) is 0 Å². The highest BCUT2D eigenvalue weighted by molar-refractivity contribution is 5.76. The van der Waals surface area contributed by atoms with Crippen LogP contribution in [-0.2, 0) is 17.9 Å². The fourth-order valence-corrected chi connectivity index (χ4v) is 4.05. The smallest absolute Gasteiger partial charge is 0.240 e. The highest BCUT2D eigenvalue weighted by Gasteiger charge is 2.18. The van der Waals surface area contributed by atoms with Crippen molar-refractivity contribution in [2.45, 2.75) is 70.5 Å². The van der Waals surface area contributed by atoms with Gasteiger partial charge in [0.05, 0.1) is 13.3 Å². The van der Waals surface area contributed by atoms with Crippen LogP contribution in [0, 0.1) is 0 Å². The Kier molecular flexibility index (Phi) is 6.72. The van der Waals surface area contributed by atoms with Crippen LogP contribution in [0.5, 0.6) is 5.75 Å². The highest BCUT2D eigenvalue weighted by Crippen LogP contribution is 2.18. The summed E-state index contributed by atoms with van der Waals surface area (Å²) in [4.78, 5) is 27.1. The summed E-state index contributed by atoms with van der Waals surface area (Å²) in [5.74, 6) is 0.306. The highest BCUT2D eigenvalue weighted by atomic mass is 16.5. The van der Waals surface area contributed by atoms with Gasteiger partial charge in [0.2, 0.25) is 11.3 Å². The predicted octanol–water partition coefficient (Wildman–Crippen LogP) is 2.29. The molecule has 0 spiro atoms. The lowest BCUT2D eigenvalue weighted by Crippen LogP contribution is -2.39. The van der Waals surface area contributed by atoms with Gasteiger partial charge in [0.1, 0.15) is 6.54 Å². The molecule has 1 saturated carbocycles. The Hall–Kier alpha value is -1.82. The quantitative estimate of drug-likeness (QED) is 0.844. The monoisotopic (exact) mass is 361 g/mol. The van der Waals surface area contributed by atoms with Gasteiger partial charge in [-0.1, -0.05) is 25.7 Å². The van der Waals surface area contributed by atoms with E-state index in [0.29, 0.717) is 12.6 Å². The first kappa shape index (κ1) is 19.0. The average molecular weight is 361 g/mol. The van der Waals surface area contributed by atoms with Crippen molar-refractivity contribution in [1.29, 1.82) is 0 Å². The van der Waals surface area contributed by atoms with Crippen LogP contribution in [0.15, 0.2) is 17.1 Å². The van der Waals surface area contributed by atoms with Crippen LogP contribution in [-0.4, -0.2) is 41.6 Å². The minimum absolute atomic E-state index is 0.0162. The van der Waals surface area contributed by atoms with Crippen molar-refractivity contribution in [3.05, 3.63) is 28.2 Å². The molecular formula is C20H31N3O3. The predicted molar refractivity (Wildman–Crippen MR) is 101 cm³/mol. The van der Waals surface area contributed by atoms with Crippen LogP contribution in [0.25, 0.3) is 0 Å². The van der Waals surface area contributed by atoms with Crippen molar-refractivity contribution in [3.8, 4) is 5.75 Å². The van der Waals surface area contributed by atoms with Crippen LogP contribution >= 0.6 is 0 Å². The SMILES string of the molecule is COc1cn(CC(=O)NC2CCCCC2)c(CN2CCCCC2)cc1=O. The standard InChI is InChI=1S/C20H31N3O3/c1-26-19-14-23(15-20(25)21-16-8-4-2-5-9-16)17(12-18(19)24)13-22-10-6-3-7-11-22/h12,14,16H,2-11,13,15H2,1H3,(H,21,25). The molecule has 0 atom stereocenters. The third-order valence-corrected chi connectivity index (χ3v) is 5.52. The minimum atomic E-state index is -0.122. The summed E-state index contributed by atoms with van der Waals surface area (Å²) >= 11 is 0. The third-order valence-electron chi connectivity index (χ3n) is 5.52. The molecule has 2 aliphatic rings. The van der Waals surface area contributed by atoms with Crippen molar-refractivity contribution >= 4 is 5.91 Å². The number of ether oxygens (including phenoxy) is 1. The Morgan fingerprint density at radius 1 is 1.15 bits per heavy atom. The lowest BCUT2D eigenvalue weighted by Gasteiger charge is -2.28. The number of aromatic nitrogens is 1. The maximum Gasteiger partial charge on any atom is 0.240 e. The van der Waals surface area contributed by atoms with Crippen LogP contribution in [0.4, 0.5) is 0 Å².